The van der Waals surface area contributed by atoms with Gasteiger partial charge in [-0.2, -0.15) is 0 Å². The second-order valence-electron chi connectivity index (χ2n) is 5.57. The van der Waals surface area contributed by atoms with Crippen LogP contribution in [0.15, 0.2) is 42.6 Å². The molecular formula is C17H17ClN2O2. The molecule has 5 heteroatoms. The summed E-state index contributed by atoms with van der Waals surface area (Å²) in [5.74, 6) is -0.324. The monoisotopic (exact) mass is 316 g/mol. The summed E-state index contributed by atoms with van der Waals surface area (Å²) in [6, 6.07) is 11.1. The fraction of sp³-hybridized carbons (Fsp3) is 0.294. The Hall–Kier alpha value is -1.91. The van der Waals surface area contributed by atoms with E-state index in [1.54, 1.807) is 12.1 Å². The highest BCUT2D eigenvalue weighted by Crippen LogP contribution is 2.34. The average molecular weight is 317 g/mol. The second-order valence-corrected chi connectivity index (χ2v) is 5.92. The van der Waals surface area contributed by atoms with E-state index in [0.29, 0.717) is 12.0 Å². The lowest BCUT2D eigenvalue weighted by Gasteiger charge is -2.34. The van der Waals surface area contributed by atoms with E-state index in [0.717, 1.165) is 24.0 Å². The van der Waals surface area contributed by atoms with Gasteiger partial charge < -0.3 is 10.4 Å². The number of pyridine rings is 1. The molecule has 4 nitrogen and oxygen atoms in total. The van der Waals surface area contributed by atoms with Crippen LogP contribution < -0.4 is 5.32 Å². The molecule has 22 heavy (non-hydrogen) atoms. The van der Waals surface area contributed by atoms with Gasteiger partial charge in [-0.15, -0.1) is 0 Å². The minimum Gasteiger partial charge on any atom is -0.383 e. The summed E-state index contributed by atoms with van der Waals surface area (Å²) in [6.07, 6.45) is 4.02. The van der Waals surface area contributed by atoms with Crippen molar-refractivity contribution in [1.82, 2.24) is 10.3 Å². The van der Waals surface area contributed by atoms with Crippen molar-refractivity contribution in [2.45, 2.75) is 24.9 Å². The Balaban J connectivity index is 1.77. The molecule has 0 saturated carbocycles. The zero-order valence-corrected chi connectivity index (χ0v) is 12.8. The molecule has 3 rings (SSSR count). The summed E-state index contributed by atoms with van der Waals surface area (Å²) in [7, 11) is 0. The number of rotatable bonds is 3. The molecule has 2 aromatic rings. The number of aromatic nitrogens is 1. The normalized spacial score (nSPS) is 20.3. The first-order valence-corrected chi connectivity index (χ1v) is 7.67. The van der Waals surface area contributed by atoms with E-state index in [4.69, 9.17) is 11.6 Å². The topological polar surface area (TPSA) is 62.2 Å². The molecular weight excluding hydrogens is 300 g/mol. The van der Waals surface area contributed by atoms with Crippen LogP contribution in [0, 0.1) is 0 Å². The largest absolute Gasteiger partial charge is 0.383 e. The van der Waals surface area contributed by atoms with Crippen LogP contribution in [-0.2, 0) is 12.0 Å². The summed E-state index contributed by atoms with van der Waals surface area (Å²) in [4.78, 5) is 16.1. The van der Waals surface area contributed by atoms with E-state index in [1.165, 1.54) is 6.20 Å². The highest BCUT2D eigenvalue weighted by atomic mass is 35.5. The molecule has 0 spiro atoms. The van der Waals surface area contributed by atoms with Crippen LogP contribution in [0.3, 0.4) is 0 Å². The van der Waals surface area contributed by atoms with Gasteiger partial charge in [0.1, 0.15) is 10.8 Å². The molecule has 1 aromatic carbocycles. The SMILES string of the molecule is O=C(NC[C@]1(O)CCCc2ccccc21)c1cccnc1Cl. The predicted molar refractivity (Wildman–Crippen MR) is 84.9 cm³/mol. The lowest BCUT2D eigenvalue weighted by atomic mass is 9.79. The lowest BCUT2D eigenvalue weighted by molar-refractivity contribution is 0.0189. The fourth-order valence-corrected chi connectivity index (χ4v) is 3.16. The van der Waals surface area contributed by atoms with Gasteiger partial charge in [-0.25, -0.2) is 4.98 Å². The predicted octanol–water partition coefficient (Wildman–Crippen LogP) is 2.69. The number of fused-ring (bicyclic) bond motifs is 1. The zero-order chi connectivity index (χ0) is 15.6. The Bertz CT molecular complexity index is 705. The number of hydrogen-bond donors (Lipinski definition) is 2. The van der Waals surface area contributed by atoms with E-state index in [9.17, 15) is 9.90 Å². The lowest BCUT2D eigenvalue weighted by Crippen LogP contribution is -2.43. The van der Waals surface area contributed by atoms with Crippen molar-refractivity contribution < 1.29 is 9.90 Å². The number of nitrogens with one attached hydrogen (secondary N) is 1. The van der Waals surface area contributed by atoms with Crippen molar-refractivity contribution in [3.63, 3.8) is 0 Å². The van der Waals surface area contributed by atoms with Crippen molar-refractivity contribution in [3.8, 4) is 0 Å². The maximum Gasteiger partial charge on any atom is 0.254 e. The minimum atomic E-state index is -1.03. The van der Waals surface area contributed by atoms with Gasteiger partial charge in [0.15, 0.2) is 0 Å². The van der Waals surface area contributed by atoms with Gasteiger partial charge in [0.25, 0.3) is 5.91 Å². The van der Waals surface area contributed by atoms with Crippen molar-refractivity contribution in [3.05, 3.63) is 64.4 Å². The molecule has 114 valence electrons. The third-order valence-electron chi connectivity index (χ3n) is 4.10. The van der Waals surface area contributed by atoms with Crippen LogP contribution in [0.25, 0.3) is 0 Å². The van der Waals surface area contributed by atoms with Crippen molar-refractivity contribution in [2.24, 2.45) is 0 Å². The minimum absolute atomic E-state index is 0.161. The van der Waals surface area contributed by atoms with Crippen LogP contribution in [0.4, 0.5) is 0 Å². The number of carbonyl (C=O) groups excluding carboxylic acids is 1. The molecule has 0 saturated heterocycles. The number of hydrogen-bond acceptors (Lipinski definition) is 3. The van der Waals surface area contributed by atoms with E-state index in [2.05, 4.69) is 10.3 Å². The first kappa shape index (κ1) is 15.0. The quantitative estimate of drug-likeness (QED) is 0.856. The Morgan fingerprint density at radius 3 is 2.95 bits per heavy atom. The van der Waals surface area contributed by atoms with E-state index in [1.807, 2.05) is 24.3 Å². The fourth-order valence-electron chi connectivity index (χ4n) is 2.96. The van der Waals surface area contributed by atoms with Gasteiger partial charge in [0.05, 0.1) is 12.1 Å². The van der Waals surface area contributed by atoms with E-state index < -0.39 is 5.60 Å². The van der Waals surface area contributed by atoms with Gasteiger partial charge in [0.2, 0.25) is 0 Å². The number of amides is 1. The molecule has 1 aliphatic rings. The number of carbonyl (C=O) groups is 1. The summed E-state index contributed by atoms with van der Waals surface area (Å²) >= 11 is 5.92. The Labute approximate surface area is 134 Å². The Morgan fingerprint density at radius 1 is 1.32 bits per heavy atom. The Morgan fingerprint density at radius 2 is 2.14 bits per heavy atom. The summed E-state index contributed by atoms with van der Waals surface area (Å²) < 4.78 is 0. The summed E-state index contributed by atoms with van der Waals surface area (Å²) in [5.41, 5.74) is 1.33. The molecule has 0 aliphatic heterocycles. The molecule has 1 amide bonds. The zero-order valence-electron chi connectivity index (χ0n) is 12.1. The number of halogens is 1. The molecule has 0 radical (unpaired) electrons. The van der Waals surface area contributed by atoms with Crippen molar-refractivity contribution in [2.75, 3.05) is 6.54 Å². The maximum absolute atomic E-state index is 12.2. The van der Waals surface area contributed by atoms with Crippen LogP contribution in [0.2, 0.25) is 5.15 Å². The summed E-state index contributed by atoms with van der Waals surface area (Å²) in [6.45, 7) is 0.161. The Kier molecular flexibility index (Phi) is 4.14. The van der Waals surface area contributed by atoms with Crippen LogP contribution >= 0.6 is 11.6 Å². The van der Waals surface area contributed by atoms with Crippen molar-refractivity contribution >= 4 is 17.5 Å². The second kappa shape index (κ2) is 6.07. The molecule has 0 fully saturated rings. The average Bonchev–Trinajstić information content (AvgIpc) is 2.54. The summed E-state index contributed by atoms with van der Waals surface area (Å²) in [5, 5.41) is 13.9. The van der Waals surface area contributed by atoms with Gasteiger partial charge >= 0.3 is 0 Å². The first-order chi connectivity index (χ1) is 10.6. The van der Waals surface area contributed by atoms with E-state index >= 15 is 0 Å². The van der Waals surface area contributed by atoms with Gasteiger partial charge in [0, 0.05) is 6.20 Å². The highest BCUT2D eigenvalue weighted by molar-refractivity contribution is 6.32. The van der Waals surface area contributed by atoms with Crippen molar-refractivity contribution in [1.29, 1.82) is 0 Å². The number of benzene rings is 1. The van der Waals surface area contributed by atoms with E-state index in [-0.39, 0.29) is 17.6 Å². The maximum atomic E-state index is 12.2. The number of aliphatic hydroxyl groups is 1. The van der Waals surface area contributed by atoms with Crippen LogP contribution in [-0.4, -0.2) is 22.5 Å². The van der Waals surface area contributed by atoms with Crippen LogP contribution in [0.1, 0.15) is 34.3 Å². The van der Waals surface area contributed by atoms with Gasteiger partial charge in [-0.1, -0.05) is 35.9 Å². The number of nitrogens with zero attached hydrogens (tertiary/aromatic N) is 1. The highest BCUT2D eigenvalue weighted by Gasteiger charge is 2.34. The molecule has 0 unspecified atom stereocenters. The molecule has 0 bridgehead atoms. The molecule has 2 N–H and O–H groups in total. The van der Waals surface area contributed by atoms with Crippen LogP contribution in [0.5, 0.6) is 0 Å². The number of aryl methyl sites for hydroxylation is 1. The smallest absolute Gasteiger partial charge is 0.254 e. The van der Waals surface area contributed by atoms with Gasteiger partial charge in [-0.3, -0.25) is 4.79 Å². The standard InChI is InChI=1S/C17H17ClN2O2/c18-15-13(7-4-10-19-15)16(21)20-11-17(22)9-3-6-12-5-1-2-8-14(12)17/h1-2,4-5,7-8,10,22H,3,6,9,11H2,(H,20,21)/t17-/m1/s1. The third-order valence-corrected chi connectivity index (χ3v) is 4.40. The molecule has 1 heterocycles. The first-order valence-electron chi connectivity index (χ1n) is 7.30. The molecule has 1 aliphatic carbocycles. The molecule has 1 atom stereocenters. The van der Waals surface area contributed by atoms with Gasteiger partial charge in [-0.05, 0) is 42.5 Å². The molecule has 1 aromatic heterocycles. The third kappa shape index (κ3) is 2.85.